The molecule has 2 saturated heterocycles. The summed E-state index contributed by atoms with van der Waals surface area (Å²) in [5, 5.41) is 13.6. The van der Waals surface area contributed by atoms with E-state index in [0.717, 1.165) is 13.0 Å². The largest absolute Gasteiger partial charge is 0.497 e. The monoisotopic (exact) mass is 427 g/mol. The van der Waals surface area contributed by atoms with Gasteiger partial charge in [-0.15, -0.1) is 24.8 Å². The molecular weight excluding hydrogens is 401 g/mol. The highest BCUT2D eigenvalue weighted by atomic mass is 35.5. The van der Waals surface area contributed by atoms with Gasteiger partial charge in [0.2, 0.25) is 10.0 Å². The van der Waals surface area contributed by atoms with E-state index in [9.17, 15) is 13.5 Å². The maximum absolute atomic E-state index is 12.7. The Kier molecular flexibility index (Phi) is 8.60. The lowest BCUT2D eigenvalue weighted by Gasteiger charge is -2.37. The van der Waals surface area contributed by atoms with Crippen molar-refractivity contribution in [1.29, 1.82) is 0 Å². The van der Waals surface area contributed by atoms with Gasteiger partial charge in [-0.05, 0) is 37.2 Å². The molecule has 2 fully saturated rings. The summed E-state index contributed by atoms with van der Waals surface area (Å²) in [5.41, 5.74) is -0.684. The predicted octanol–water partition coefficient (Wildman–Crippen LogP) is 0.569. The van der Waals surface area contributed by atoms with Crippen molar-refractivity contribution in [3.05, 3.63) is 24.3 Å². The van der Waals surface area contributed by atoms with Gasteiger partial charge in [-0.25, -0.2) is 8.42 Å². The lowest BCUT2D eigenvalue weighted by molar-refractivity contribution is 0.0123. The number of nitrogens with zero attached hydrogens (tertiary/aromatic N) is 2. The SMILES string of the molecule is COc1ccc(S(=O)(=O)N2CCN(CC3(O)CCNC3)CC2)cc1.Cl.Cl. The van der Waals surface area contributed by atoms with Crippen LogP contribution in [0, 0.1) is 0 Å². The summed E-state index contributed by atoms with van der Waals surface area (Å²) in [6.45, 7) is 4.20. The Balaban J connectivity index is 0.00000169. The molecule has 0 saturated carbocycles. The van der Waals surface area contributed by atoms with Gasteiger partial charge in [-0.2, -0.15) is 4.31 Å². The summed E-state index contributed by atoms with van der Waals surface area (Å²) in [6, 6.07) is 6.47. The number of benzene rings is 1. The van der Waals surface area contributed by atoms with E-state index in [4.69, 9.17) is 4.74 Å². The average molecular weight is 428 g/mol. The average Bonchev–Trinajstić information content (AvgIpc) is 3.01. The van der Waals surface area contributed by atoms with E-state index in [2.05, 4.69) is 10.2 Å². The molecule has 2 N–H and O–H groups in total. The van der Waals surface area contributed by atoms with E-state index in [-0.39, 0.29) is 29.7 Å². The number of methoxy groups -OCH3 is 1. The van der Waals surface area contributed by atoms with Crippen molar-refractivity contribution in [2.24, 2.45) is 0 Å². The summed E-state index contributed by atoms with van der Waals surface area (Å²) >= 11 is 0. The summed E-state index contributed by atoms with van der Waals surface area (Å²) in [4.78, 5) is 2.43. The number of rotatable bonds is 5. The van der Waals surface area contributed by atoms with Crippen molar-refractivity contribution in [2.45, 2.75) is 16.9 Å². The van der Waals surface area contributed by atoms with Gasteiger partial charge in [-0.1, -0.05) is 0 Å². The Morgan fingerprint density at radius 3 is 2.27 bits per heavy atom. The molecule has 2 aliphatic rings. The van der Waals surface area contributed by atoms with Gasteiger partial charge >= 0.3 is 0 Å². The Hall–Kier alpha value is -0.610. The first-order chi connectivity index (χ1) is 11.4. The standard InChI is InChI=1S/C16H25N3O4S.2ClH/c1-23-14-2-4-15(5-3-14)24(21,22)19-10-8-18(9-11-19)13-16(20)6-7-17-12-16;;/h2-5,17,20H,6-13H2,1H3;2*1H. The van der Waals surface area contributed by atoms with Gasteiger partial charge in [0.1, 0.15) is 5.75 Å². The second-order valence-corrected chi connectivity index (χ2v) is 8.44. The zero-order chi connectivity index (χ0) is 17.2. The molecule has 0 radical (unpaired) electrons. The fourth-order valence-electron chi connectivity index (χ4n) is 3.31. The highest BCUT2D eigenvalue weighted by Gasteiger charge is 2.35. The van der Waals surface area contributed by atoms with Gasteiger partial charge in [0, 0.05) is 39.3 Å². The van der Waals surface area contributed by atoms with E-state index < -0.39 is 15.6 Å². The fraction of sp³-hybridized carbons (Fsp3) is 0.625. The van der Waals surface area contributed by atoms with Crippen LogP contribution in [0.1, 0.15) is 6.42 Å². The lowest BCUT2D eigenvalue weighted by Crippen LogP contribution is -2.53. The third-order valence-electron chi connectivity index (χ3n) is 4.77. The Bertz CT molecular complexity index is 659. The molecule has 1 aromatic rings. The summed E-state index contributed by atoms with van der Waals surface area (Å²) in [7, 11) is -1.92. The van der Waals surface area contributed by atoms with Crippen molar-refractivity contribution in [2.75, 3.05) is 52.9 Å². The first-order valence-corrected chi connectivity index (χ1v) is 9.67. The van der Waals surface area contributed by atoms with E-state index >= 15 is 0 Å². The molecule has 7 nitrogen and oxygen atoms in total. The van der Waals surface area contributed by atoms with Crippen LogP contribution in [-0.4, -0.2) is 81.3 Å². The van der Waals surface area contributed by atoms with Crippen LogP contribution < -0.4 is 10.1 Å². The second kappa shape index (κ2) is 9.54. The zero-order valence-electron chi connectivity index (χ0n) is 14.8. The molecule has 1 atom stereocenters. The molecule has 0 amide bonds. The van der Waals surface area contributed by atoms with E-state index in [0.29, 0.717) is 45.0 Å². The topological polar surface area (TPSA) is 82.1 Å². The molecule has 1 unspecified atom stereocenters. The first-order valence-electron chi connectivity index (χ1n) is 8.23. The molecule has 0 bridgehead atoms. The number of nitrogens with one attached hydrogen (secondary N) is 1. The van der Waals surface area contributed by atoms with Crippen LogP contribution in [-0.2, 0) is 10.0 Å². The van der Waals surface area contributed by atoms with Gasteiger partial charge < -0.3 is 15.2 Å². The molecule has 10 heteroatoms. The normalized spacial score (nSPS) is 24.5. The van der Waals surface area contributed by atoms with E-state index in [1.165, 1.54) is 4.31 Å². The minimum absolute atomic E-state index is 0. The summed E-state index contributed by atoms with van der Waals surface area (Å²) < 4.78 is 32.0. The highest BCUT2D eigenvalue weighted by Crippen LogP contribution is 2.22. The van der Waals surface area contributed by atoms with Crippen molar-refractivity contribution in [1.82, 2.24) is 14.5 Å². The molecule has 26 heavy (non-hydrogen) atoms. The molecule has 2 aliphatic heterocycles. The second-order valence-electron chi connectivity index (χ2n) is 6.51. The minimum atomic E-state index is -3.48. The number of hydrogen-bond donors (Lipinski definition) is 2. The van der Waals surface area contributed by atoms with Crippen LogP contribution in [0.3, 0.4) is 0 Å². The van der Waals surface area contributed by atoms with Gasteiger partial charge in [0.05, 0.1) is 17.6 Å². The van der Waals surface area contributed by atoms with Crippen LogP contribution >= 0.6 is 24.8 Å². The zero-order valence-corrected chi connectivity index (χ0v) is 17.2. The number of ether oxygens (including phenoxy) is 1. The number of hydrogen-bond acceptors (Lipinski definition) is 6. The lowest BCUT2D eigenvalue weighted by atomic mass is 10.0. The van der Waals surface area contributed by atoms with Gasteiger partial charge in [0.15, 0.2) is 0 Å². The van der Waals surface area contributed by atoms with Crippen LogP contribution in [0.5, 0.6) is 5.75 Å². The molecule has 1 aromatic carbocycles. The molecule has 0 aliphatic carbocycles. The number of β-amino-alcohol motifs (C(OH)–C–C–N with tert-alkyl or cyclic N) is 1. The maximum atomic E-state index is 12.7. The molecule has 0 spiro atoms. The number of sulfonamides is 1. The van der Waals surface area contributed by atoms with Gasteiger partial charge in [0.25, 0.3) is 0 Å². The molecule has 3 rings (SSSR count). The number of halogens is 2. The third kappa shape index (κ3) is 5.22. The van der Waals surface area contributed by atoms with Crippen molar-refractivity contribution in [3.63, 3.8) is 0 Å². The number of piperazine rings is 1. The van der Waals surface area contributed by atoms with Crippen molar-refractivity contribution in [3.8, 4) is 5.75 Å². The fourth-order valence-corrected chi connectivity index (χ4v) is 4.73. The molecule has 2 heterocycles. The summed E-state index contributed by atoms with van der Waals surface area (Å²) in [6.07, 6.45) is 0.747. The molecule has 150 valence electrons. The van der Waals surface area contributed by atoms with Crippen LogP contribution in [0.15, 0.2) is 29.2 Å². The minimum Gasteiger partial charge on any atom is -0.497 e. The molecule has 0 aromatic heterocycles. The Labute approximate surface area is 167 Å². The maximum Gasteiger partial charge on any atom is 0.243 e. The number of aliphatic hydroxyl groups is 1. The third-order valence-corrected chi connectivity index (χ3v) is 6.68. The van der Waals surface area contributed by atoms with Crippen LogP contribution in [0.2, 0.25) is 0 Å². The Morgan fingerprint density at radius 1 is 1.15 bits per heavy atom. The first kappa shape index (κ1) is 23.4. The quantitative estimate of drug-likeness (QED) is 0.714. The summed E-state index contributed by atoms with van der Waals surface area (Å²) in [5.74, 6) is 0.636. The van der Waals surface area contributed by atoms with Crippen LogP contribution in [0.25, 0.3) is 0 Å². The highest BCUT2D eigenvalue weighted by molar-refractivity contribution is 7.89. The van der Waals surface area contributed by atoms with Gasteiger partial charge in [-0.3, -0.25) is 4.90 Å². The smallest absolute Gasteiger partial charge is 0.243 e. The molecular formula is C16H27Cl2N3O4S. The Morgan fingerprint density at radius 2 is 1.77 bits per heavy atom. The van der Waals surface area contributed by atoms with Crippen LogP contribution in [0.4, 0.5) is 0 Å². The van der Waals surface area contributed by atoms with E-state index in [1.54, 1.807) is 31.4 Å². The van der Waals surface area contributed by atoms with Crippen molar-refractivity contribution >= 4 is 34.8 Å². The predicted molar refractivity (Wildman–Crippen MR) is 105 cm³/mol. The van der Waals surface area contributed by atoms with Crippen molar-refractivity contribution < 1.29 is 18.3 Å². The van der Waals surface area contributed by atoms with E-state index in [1.807, 2.05) is 0 Å².